The molecule has 0 unspecified atom stereocenters. The third kappa shape index (κ3) is 8.79. The number of nitrogens with one attached hydrogen (secondary N) is 2. The normalized spacial score (nSPS) is 15.7. The highest BCUT2D eigenvalue weighted by Crippen LogP contribution is 2.37. The lowest BCUT2D eigenvalue weighted by Gasteiger charge is -2.31. The number of carbonyl (C=O) groups excluding carboxylic acids is 3. The highest BCUT2D eigenvalue weighted by molar-refractivity contribution is 7.86. The van der Waals surface area contributed by atoms with Gasteiger partial charge in [-0.15, -0.1) is 0 Å². The van der Waals surface area contributed by atoms with Gasteiger partial charge in [-0.2, -0.15) is 13.2 Å². The van der Waals surface area contributed by atoms with Gasteiger partial charge in [0.15, 0.2) is 0 Å². The third-order valence-electron chi connectivity index (χ3n) is 6.43. The maximum atomic E-state index is 13.6. The minimum Gasteiger partial charge on any atom is -0.352 e. The zero-order valence-corrected chi connectivity index (χ0v) is 23.2. The van der Waals surface area contributed by atoms with Crippen LogP contribution in [0.25, 0.3) is 0 Å². The van der Waals surface area contributed by atoms with Crippen LogP contribution in [0.2, 0.25) is 5.02 Å². The number of nitrogens with zero attached hydrogens (tertiary/aromatic N) is 1. The average Bonchev–Trinajstić information content (AvgIpc) is 2.86. The van der Waals surface area contributed by atoms with E-state index in [1.807, 2.05) is 6.92 Å². The number of rotatable bonds is 9. The fraction of sp³-hybridized carbons (Fsp3) is 0.444. The molecule has 39 heavy (non-hydrogen) atoms. The highest BCUT2D eigenvalue weighted by Gasteiger charge is 2.36. The molecule has 2 atom stereocenters. The largest absolute Gasteiger partial charge is 0.417 e. The van der Waals surface area contributed by atoms with Gasteiger partial charge in [0.05, 0.1) is 10.6 Å². The minimum absolute atomic E-state index is 0.0961. The second kappa shape index (κ2) is 13.4. The first-order chi connectivity index (χ1) is 18.3. The summed E-state index contributed by atoms with van der Waals surface area (Å²) in [7, 11) is -2.00. The Hall–Kier alpha value is -2.92. The molecule has 0 bridgehead atoms. The summed E-state index contributed by atoms with van der Waals surface area (Å²) in [4.78, 5) is 39.6. The van der Waals surface area contributed by atoms with Gasteiger partial charge in [0.1, 0.15) is 17.5 Å². The molecule has 1 fully saturated rings. The first-order valence-electron chi connectivity index (χ1n) is 12.6. The smallest absolute Gasteiger partial charge is 0.352 e. The predicted molar refractivity (Wildman–Crippen MR) is 146 cm³/mol. The molecular formula is C27H31ClF3N3O4S. The lowest BCUT2D eigenvalue weighted by molar-refractivity contribution is -0.137. The van der Waals surface area contributed by atoms with Gasteiger partial charge in [-0.05, 0) is 57.0 Å². The van der Waals surface area contributed by atoms with Crippen LogP contribution in [0, 0.1) is 6.92 Å². The SMILES string of the molecule is Cc1ccc(NC(=O)C[S@@](=O)CC(=O)N(c2ccc(Cl)c(C(F)(F)F)c2)[C@@H](C)C(=O)NC2CCCCC2)cc1. The number of anilines is 2. The van der Waals surface area contributed by atoms with Crippen LogP contribution < -0.4 is 15.5 Å². The van der Waals surface area contributed by atoms with Crippen LogP contribution in [-0.4, -0.2) is 45.5 Å². The summed E-state index contributed by atoms with van der Waals surface area (Å²) in [6, 6.07) is 8.51. The van der Waals surface area contributed by atoms with E-state index in [2.05, 4.69) is 10.6 Å². The predicted octanol–water partition coefficient (Wildman–Crippen LogP) is 5.23. The van der Waals surface area contributed by atoms with E-state index in [9.17, 15) is 31.8 Å². The summed E-state index contributed by atoms with van der Waals surface area (Å²) in [5.41, 5.74) is 0.0891. The van der Waals surface area contributed by atoms with Crippen molar-refractivity contribution in [3.8, 4) is 0 Å². The standard InChI is InChI=1S/C27H31ClF3N3O4S/c1-17-8-10-20(11-9-17)32-24(35)15-39(38)16-25(36)34(18(2)26(37)33-19-6-4-3-5-7-19)21-12-13-23(28)22(14-21)27(29,30)31/h8-14,18-19H,3-7,15-16H2,1-2H3,(H,32,35)(H,33,37)/t18-,39+/m0/s1. The van der Waals surface area contributed by atoms with Crippen LogP contribution >= 0.6 is 11.6 Å². The lowest BCUT2D eigenvalue weighted by Crippen LogP contribution is -2.52. The van der Waals surface area contributed by atoms with Gasteiger partial charge in [-0.1, -0.05) is 48.6 Å². The summed E-state index contributed by atoms with van der Waals surface area (Å²) in [6.07, 6.45) is -0.319. The Morgan fingerprint density at radius 3 is 2.31 bits per heavy atom. The summed E-state index contributed by atoms with van der Waals surface area (Å²) in [6.45, 7) is 3.28. The molecular weight excluding hydrogens is 555 g/mol. The van der Waals surface area contributed by atoms with Crippen molar-refractivity contribution in [1.29, 1.82) is 0 Å². The number of hydrogen-bond donors (Lipinski definition) is 2. The molecule has 0 radical (unpaired) electrons. The minimum atomic E-state index is -4.80. The van der Waals surface area contributed by atoms with Crippen LogP contribution in [0.5, 0.6) is 0 Å². The number of halogens is 4. The third-order valence-corrected chi connectivity index (χ3v) is 7.92. The van der Waals surface area contributed by atoms with Gasteiger partial charge < -0.3 is 10.6 Å². The second-order valence-electron chi connectivity index (χ2n) is 9.59. The zero-order valence-electron chi connectivity index (χ0n) is 21.6. The fourth-order valence-corrected chi connectivity index (χ4v) is 5.49. The maximum Gasteiger partial charge on any atom is 0.417 e. The molecule has 1 aliphatic carbocycles. The van der Waals surface area contributed by atoms with Crippen molar-refractivity contribution in [1.82, 2.24) is 5.32 Å². The van der Waals surface area contributed by atoms with E-state index < -0.39 is 62.8 Å². The molecule has 1 aliphatic rings. The Kier molecular flexibility index (Phi) is 10.5. The molecule has 0 saturated heterocycles. The van der Waals surface area contributed by atoms with Gasteiger partial charge in [-0.3, -0.25) is 23.5 Å². The Balaban J connectivity index is 1.79. The Morgan fingerprint density at radius 2 is 1.69 bits per heavy atom. The first kappa shape index (κ1) is 30.6. The summed E-state index contributed by atoms with van der Waals surface area (Å²) in [5.74, 6) is -3.18. The van der Waals surface area contributed by atoms with E-state index in [1.54, 1.807) is 24.3 Å². The fourth-order valence-electron chi connectivity index (χ4n) is 4.39. The molecule has 0 aromatic heterocycles. The van der Waals surface area contributed by atoms with Crippen LogP contribution in [-0.2, 0) is 31.4 Å². The zero-order chi connectivity index (χ0) is 28.7. The molecule has 0 heterocycles. The molecule has 3 amide bonds. The number of benzene rings is 2. The molecule has 2 aromatic rings. The van der Waals surface area contributed by atoms with E-state index >= 15 is 0 Å². The number of amides is 3. The average molecular weight is 586 g/mol. The van der Waals surface area contributed by atoms with Crippen molar-refractivity contribution in [2.75, 3.05) is 21.7 Å². The van der Waals surface area contributed by atoms with Crippen molar-refractivity contribution in [2.45, 2.75) is 64.2 Å². The molecule has 3 rings (SSSR count). The van der Waals surface area contributed by atoms with Gasteiger partial charge in [-0.25, -0.2) is 0 Å². The van der Waals surface area contributed by atoms with Crippen molar-refractivity contribution < 1.29 is 31.8 Å². The molecule has 2 N–H and O–H groups in total. The van der Waals surface area contributed by atoms with Crippen molar-refractivity contribution >= 4 is 51.5 Å². The van der Waals surface area contributed by atoms with Gasteiger partial charge in [0.25, 0.3) is 0 Å². The number of aryl methyl sites for hydroxylation is 1. The van der Waals surface area contributed by atoms with Gasteiger partial charge in [0, 0.05) is 28.2 Å². The Morgan fingerprint density at radius 1 is 1.05 bits per heavy atom. The molecule has 0 aliphatic heterocycles. The van der Waals surface area contributed by atoms with Gasteiger partial charge in [0.2, 0.25) is 17.7 Å². The Labute approximate surface area is 232 Å². The molecule has 12 heteroatoms. The quantitative estimate of drug-likeness (QED) is 0.421. The monoisotopic (exact) mass is 585 g/mol. The van der Waals surface area contributed by atoms with Crippen LogP contribution in [0.15, 0.2) is 42.5 Å². The first-order valence-corrected chi connectivity index (χ1v) is 14.4. The van der Waals surface area contributed by atoms with E-state index in [0.717, 1.165) is 48.6 Å². The van der Waals surface area contributed by atoms with Crippen LogP contribution in [0.3, 0.4) is 0 Å². The number of carbonyl (C=O) groups is 3. The number of hydrogen-bond acceptors (Lipinski definition) is 4. The molecule has 212 valence electrons. The molecule has 2 aromatic carbocycles. The summed E-state index contributed by atoms with van der Waals surface area (Å²) < 4.78 is 53.4. The van der Waals surface area contributed by atoms with Crippen molar-refractivity contribution in [3.05, 3.63) is 58.6 Å². The van der Waals surface area contributed by atoms with E-state index in [-0.39, 0.29) is 11.7 Å². The van der Waals surface area contributed by atoms with Gasteiger partial charge >= 0.3 is 6.18 Å². The summed E-state index contributed by atoms with van der Waals surface area (Å²) in [5, 5.41) is 4.91. The maximum absolute atomic E-state index is 13.6. The summed E-state index contributed by atoms with van der Waals surface area (Å²) >= 11 is 5.76. The van der Waals surface area contributed by atoms with Crippen LogP contribution in [0.4, 0.5) is 24.5 Å². The molecule has 1 saturated carbocycles. The Bertz CT molecular complexity index is 1220. The van der Waals surface area contributed by atoms with Crippen molar-refractivity contribution in [2.24, 2.45) is 0 Å². The molecule has 7 nitrogen and oxygen atoms in total. The lowest BCUT2D eigenvalue weighted by atomic mass is 9.95. The van der Waals surface area contributed by atoms with E-state index in [1.165, 1.54) is 13.0 Å². The van der Waals surface area contributed by atoms with Crippen molar-refractivity contribution in [3.63, 3.8) is 0 Å². The number of alkyl halides is 3. The van der Waals surface area contributed by atoms with E-state index in [4.69, 9.17) is 11.6 Å². The second-order valence-corrected chi connectivity index (χ2v) is 11.5. The van der Waals surface area contributed by atoms with E-state index in [0.29, 0.717) is 11.8 Å². The highest BCUT2D eigenvalue weighted by atomic mass is 35.5. The topological polar surface area (TPSA) is 95.6 Å². The van der Waals surface area contributed by atoms with Crippen LogP contribution in [0.1, 0.15) is 50.2 Å². The molecule has 0 spiro atoms.